The molecular weight excluding hydrogens is 284 g/mol. The van der Waals surface area contributed by atoms with Crippen molar-refractivity contribution in [3.05, 3.63) is 34.4 Å². The molecule has 130 valence electrons. The highest BCUT2D eigenvalue weighted by Gasteiger charge is 2.41. The second kappa shape index (κ2) is 7.36. The Labute approximate surface area is 142 Å². The fourth-order valence-corrected chi connectivity index (χ4v) is 4.48. The predicted octanol–water partition coefficient (Wildman–Crippen LogP) is 5.19. The van der Waals surface area contributed by atoms with Crippen molar-refractivity contribution in [3.63, 3.8) is 0 Å². The maximum atomic E-state index is 10.7. The highest BCUT2D eigenvalue weighted by Crippen LogP contribution is 2.48. The standard InChI is InChI=1S/C21H34O2/c1-14-7-9-18-16(3)13-20(22)19(21(18,4)5)10-8-15(2)12-17(11-14)23-6/h8,11,17,19-20,22H,7,9-10,12-13H2,1-6H3/b14-11+,15-8+/t17-,19-,20+/m0/s1. The molecule has 0 radical (unpaired) electrons. The summed E-state index contributed by atoms with van der Waals surface area (Å²) in [6.07, 6.45) is 9.47. The molecule has 2 nitrogen and oxygen atoms in total. The van der Waals surface area contributed by atoms with E-state index in [1.54, 1.807) is 12.7 Å². The molecule has 2 aliphatic carbocycles. The van der Waals surface area contributed by atoms with Crippen molar-refractivity contribution in [1.29, 1.82) is 0 Å². The van der Waals surface area contributed by atoms with Gasteiger partial charge in [0.2, 0.25) is 0 Å². The molecule has 0 aromatic carbocycles. The predicted molar refractivity (Wildman–Crippen MR) is 97.4 cm³/mol. The van der Waals surface area contributed by atoms with Crippen LogP contribution in [-0.2, 0) is 4.74 Å². The zero-order valence-corrected chi connectivity index (χ0v) is 15.8. The fraction of sp³-hybridized carbons (Fsp3) is 0.714. The van der Waals surface area contributed by atoms with Crippen LogP contribution in [0.1, 0.15) is 66.7 Å². The average molecular weight is 319 g/mol. The molecule has 0 unspecified atom stereocenters. The molecule has 0 heterocycles. The van der Waals surface area contributed by atoms with Gasteiger partial charge in [0.05, 0.1) is 12.2 Å². The molecule has 0 saturated heterocycles. The third-order valence-electron chi connectivity index (χ3n) is 5.99. The van der Waals surface area contributed by atoms with Gasteiger partial charge in [0, 0.05) is 7.11 Å². The van der Waals surface area contributed by atoms with E-state index in [-0.39, 0.29) is 17.6 Å². The first-order chi connectivity index (χ1) is 10.8. The molecule has 3 atom stereocenters. The van der Waals surface area contributed by atoms with Crippen molar-refractivity contribution in [3.8, 4) is 0 Å². The molecule has 2 bridgehead atoms. The Morgan fingerprint density at radius 3 is 2.43 bits per heavy atom. The summed E-state index contributed by atoms with van der Waals surface area (Å²) in [6.45, 7) is 11.3. The summed E-state index contributed by atoms with van der Waals surface area (Å²) in [7, 11) is 1.79. The third kappa shape index (κ3) is 4.16. The molecule has 0 spiro atoms. The molecule has 2 rings (SSSR count). The number of fused-ring (bicyclic) bond motifs is 2. The first kappa shape index (κ1) is 18.5. The van der Waals surface area contributed by atoms with Gasteiger partial charge in [-0.15, -0.1) is 0 Å². The van der Waals surface area contributed by atoms with E-state index < -0.39 is 0 Å². The first-order valence-corrected chi connectivity index (χ1v) is 8.98. The smallest absolute Gasteiger partial charge is 0.0791 e. The molecule has 2 aliphatic rings. The Balaban J connectivity index is 2.41. The summed E-state index contributed by atoms with van der Waals surface area (Å²) in [5, 5.41) is 10.7. The van der Waals surface area contributed by atoms with Crippen LogP contribution in [0.5, 0.6) is 0 Å². The largest absolute Gasteiger partial charge is 0.392 e. The molecular formula is C21H34O2. The van der Waals surface area contributed by atoms with Gasteiger partial charge >= 0.3 is 0 Å². The van der Waals surface area contributed by atoms with Gasteiger partial charge in [-0.2, -0.15) is 0 Å². The van der Waals surface area contributed by atoms with Crippen molar-refractivity contribution < 1.29 is 9.84 Å². The van der Waals surface area contributed by atoms with Crippen LogP contribution in [0.3, 0.4) is 0 Å². The number of hydrogen-bond acceptors (Lipinski definition) is 2. The Hall–Kier alpha value is -0.860. The minimum Gasteiger partial charge on any atom is -0.392 e. The van der Waals surface area contributed by atoms with Gasteiger partial charge < -0.3 is 9.84 Å². The van der Waals surface area contributed by atoms with Gasteiger partial charge in [0.1, 0.15) is 0 Å². The molecule has 2 heteroatoms. The zero-order valence-electron chi connectivity index (χ0n) is 15.8. The molecule has 0 fully saturated rings. The Bertz CT molecular complexity index is 522. The van der Waals surface area contributed by atoms with Crippen LogP contribution in [0.15, 0.2) is 34.4 Å². The topological polar surface area (TPSA) is 29.5 Å². The molecule has 0 aromatic rings. The van der Waals surface area contributed by atoms with E-state index >= 15 is 0 Å². The first-order valence-electron chi connectivity index (χ1n) is 8.98. The summed E-state index contributed by atoms with van der Waals surface area (Å²) in [6, 6.07) is 0. The van der Waals surface area contributed by atoms with E-state index in [1.807, 2.05) is 0 Å². The summed E-state index contributed by atoms with van der Waals surface area (Å²) >= 11 is 0. The third-order valence-corrected chi connectivity index (χ3v) is 5.99. The Kier molecular flexibility index (Phi) is 5.91. The van der Waals surface area contributed by atoms with Crippen molar-refractivity contribution in [2.75, 3.05) is 7.11 Å². The van der Waals surface area contributed by atoms with E-state index in [4.69, 9.17) is 4.74 Å². The Morgan fingerprint density at radius 1 is 1.09 bits per heavy atom. The van der Waals surface area contributed by atoms with Gasteiger partial charge in [-0.1, -0.05) is 48.3 Å². The Morgan fingerprint density at radius 2 is 1.78 bits per heavy atom. The van der Waals surface area contributed by atoms with Crippen LogP contribution in [0.2, 0.25) is 0 Å². The second-order valence-electron chi connectivity index (χ2n) is 8.14. The minimum absolute atomic E-state index is 0.0681. The number of aliphatic hydroxyl groups excluding tert-OH is 1. The fourth-order valence-electron chi connectivity index (χ4n) is 4.48. The van der Waals surface area contributed by atoms with Crippen LogP contribution >= 0.6 is 0 Å². The zero-order chi connectivity index (χ0) is 17.2. The van der Waals surface area contributed by atoms with E-state index in [2.05, 4.69) is 46.8 Å². The van der Waals surface area contributed by atoms with E-state index in [0.717, 1.165) is 32.1 Å². The quantitative estimate of drug-likeness (QED) is 0.674. The van der Waals surface area contributed by atoms with Crippen LogP contribution in [0, 0.1) is 11.3 Å². The lowest BCUT2D eigenvalue weighted by molar-refractivity contribution is 0.0379. The monoisotopic (exact) mass is 318 g/mol. The lowest BCUT2D eigenvalue weighted by Gasteiger charge is -2.45. The maximum Gasteiger partial charge on any atom is 0.0791 e. The van der Waals surface area contributed by atoms with Crippen molar-refractivity contribution in [2.45, 2.75) is 78.9 Å². The van der Waals surface area contributed by atoms with E-state index in [1.165, 1.54) is 16.7 Å². The summed E-state index contributed by atoms with van der Waals surface area (Å²) in [4.78, 5) is 0. The number of hydrogen-bond donors (Lipinski definition) is 1. The van der Waals surface area contributed by atoms with Gasteiger partial charge in [-0.25, -0.2) is 0 Å². The number of methoxy groups -OCH3 is 1. The van der Waals surface area contributed by atoms with Gasteiger partial charge in [0.25, 0.3) is 0 Å². The van der Waals surface area contributed by atoms with Crippen molar-refractivity contribution in [1.82, 2.24) is 0 Å². The van der Waals surface area contributed by atoms with Crippen LogP contribution in [-0.4, -0.2) is 24.4 Å². The lowest BCUT2D eigenvalue weighted by Crippen LogP contribution is -2.40. The van der Waals surface area contributed by atoms with E-state index in [9.17, 15) is 5.11 Å². The van der Waals surface area contributed by atoms with Gasteiger partial charge in [-0.05, 0) is 64.2 Å². The normalized spacial score (nSPS) is 37.1. The lowest BCUT2D eigenvalue weighted by atomic mass is 9.62. The van der Waals surface area contributed by atoms with Crippen molar-refractivity contribution in [2.24, 2.45) is 11.3 Å². The average Bonchev–Trinajstić information content (AvgIpc) is 2.44. The SMILES string of the molecule is CO[C@H]1/C=C(\C)CCC2=C(C)C[C@@H](O)[C@H](C/C=C(\C)C1)C2(C)C. The number of aliphatic hydroxyl groups is 1. The van der Waals surface area contributed by atoms with Gasteiger partial charge in [-0.3, -0.25) is 0 Å². The summed E-state index contributed by atoms with van der Waals surface area (Å²) in [5.74, 6) is 0.306. The number of allylic oxidation sites excluding steroid dienone is 3. The van der Waals surface area contributed by atoms with Crippen LogP contribution in [0.25, 0.3) is 0 Å². The van der Waals surface area contributed by atoms with Crippen LogP contribution < -0.4 is 0 Å². The molecule has 0 aromatic heterocycles. The maximum absolute atomic E-state index is 10.7. The minimum atomic E-state index is -0.226. The second-order valence-corrected chi connectivity index (χ2v) is 8.14. The van der Waals surface area contributed by atoms with Crippen LogP contribution in [0.4, 0.5) is 0 Å². The van der Waals surface area contributed by atoms with Gasteiger partial charge in [0.15, 0.2) is 0 Å². The molecule has 1 N–H and O–H groups in total. The van der Waals surface area contributed by atoms with Crippen molar-refractivity contribution >= 4 is 0 Å². The molecule has 23 heavy (non-hydrogen) atoms. The summed E-state index contributed by atoms with van der Waals surface area (Å²) < 4.78 is 5.63. The highest BCUT2D eigenvalue weighted by molar-refractivity contribution is 5.28. The molecule has 0 aliphatic heterocycles. The highest BCUT2D eigenvalue weighted by atomic mass is 16.5. The number of rotatable bonds is 1. The van der Waals surface area contributed by atoms with E-state index in [0.29, 0.717) is 5.92 Å². The molecule has 0 saturated carbocycles. The molecule has 0 amide bonds. The summed E-state index contributed by atoms with van der Waals surface area (Å²) in [5.41, 5.74) is 5.79. The number of ether oxygens (including phenoxy) is 1.